The van der Waals surface area contributed by atoms with Gasteiger partial charge in [-0.25, -0.2) is 0 Å². The summed E-state index contributed by atoms with van der Waals surface area (Å²) in [6, 6.07) is 10.1. The molecule has 1 N–H and O–H groups in total. The van der Waals surface area contributed by atoms with E-state index in [9.17, 15) is 4.79 Å². The van der Waals surface area contributed by atoms with Crippen LogP contribution in [0.1, 0.15) is 11.3 Å². The van der Waals surface area contributed by atoms with Gasteiger partial charge < -0.3 is 9.73 Å². The number of nitriles is 1. The smallest absolute Gasteiger partial charge is 0.262 e. The molecule has 0 radical (unpaired) electrons. The highest BCUT2D eigenvalue weighted by molar-refractivity contribution is 6.35. The quantitative estimate of drug-likeness (QED) is 0.688. The fourth-order valence-corrected chi connectivity index (χ4v) is 2.06. The molecule has 106 valence electrons. The Morgan fingerprint density at radius 3 is 2.81 bits per heavy atom. The summed E-state index contributed by atoms with van der Waals surface area (Å²) >= 11 is 11.8. The van der Waals surface area contributed by atoms with Crippen molar-refractivity contribution in [1.82, 2.24) is 5.32 Å². The maximum Gasteiger partial charge on any atom is 0.262 e. The summed E-state index contributed by atoms with van der Waals surface area (Å²) in [6.07, 6.45) is 2.92. The van der Waals surface area contributed by atoms with Gasteiger partial charge in [0, 0.05) is 10.0 Å². The normalized spacial score (nSPS) is 11.0. The zero-order valence-corrected chi connectivity index (χ0v) is 12.3. The van der Waals surface area contributed by atoms with E-state index >= 15 is 0 Å². The Kier molecular flexibility index (Phi) is 5.04. The van der Waals surface area contributed by atoms with E-state index in [1.807, 2.05) is 6.07 Å². The second-order valence-corrected chi connectivity index (χ2v) is 4.94. The van der Waals surface area contributed by atoms with E-state index in [0.29, 0.717) is 21.4 Å². The van der Waals surface area contributed by atoms with Gasteiger partial charge in [-0.3, -0.25) is 4.79 Å². The molecular weight excluding hydrogens is 311 g/mol. The van der Waals surface area contributed by atoms with Gasteiger partial charge in [0.15, 0.2) is 0 Å². The van der Waals surface area contributed by atoms with Crippen molar-refractivity contribution >= 4 is 35.2 Å². The zero-order chi connectivity index (χ0) is 15.2. The van der Waals surface area contributed by atoms with Gasteiger partial charge in [-0.2, -0.15) is 5.26 Å². The minimum atomic E-state index is -0.500. The molecule has 2 aromatic rings. The van der Waals surface area contributed by atoms with Crippen LogP contribution in [-0.4, -0.2) is 5.91 Å². The third kappa shape index (κ3) is 4.12. The van der Waals surface area contributed by atoms with Crippen molar-refractivity contribution in [2.75, 3.05) is 0 Å². The molecule has 1 aromatic carbocycles. The summed E-state index contributed by atoms with van der Waals surface area (Å²) in [5, 5.41) is 12.5. The molecule has 0 aliphatic heterocycles. The molecule has 0 aliphatic carbocycles. The SMILES string of the molecule is N#C/C(=C/c1ccc(Cl)cc1Cl)C(=O)NCc1ccco1. The van der Waals surface area contributed by atoms with Crippen LogP contribution in [0.25, 0.3) is 6.08 Å². The highest BCUT2D eigenvalue weighted by Gasteiger charge is 2.10. The molecule has 0 bridgehead atoms. The number of furan rings is 1. The van der Waals surface area contributed by atoms with Gasteiger partial charge in [0.05, 0.1) is 12.8 Å². The van der Waals surface area contributed by atoms with Crippen LogP contribution < -0.4 is 5.32 Å². The maximum absolute atomic E-state index is 11.9. The summed E-state index contributed by atoms with van der Waals surface area (Å²) in [5.41, 5.74) is 0.497. The third-order valence-corrected chi connectivity index (χ3v) is 3.19. The zero-order valence-electron chi connectivity index (χ0n) is 10.8. The first kappa shape index (κ1) is 15.2. The fourth-order valence-electron chi connectivity index (χ4n) is 1.60. The second kappa shape index (κ2) is 6.98. The number of carbonyl (C=O) groups excluding carboxylic acids is 1. The van der Waals surface area contributed by atoms with Gasteiger partial charge in [0.2, 0.25) is 0 Å². The molecule has 1 amide bonds. The average molecular weight is 321 g/mol. The lowest BCUT2D eigenvalue weighted by molar-refractivity contribution is -0.117. The van der Waals surface area contributed by atoms with Gasteiger partial charge in [0.25, 0.3) is 5.91 Å². The van der Waals surface area contributed by atoms with Gasteiger partial charge in [0.1, 0.15) is 17.4 Å². The van der Waals surface area contributed by atoms with Crippen molar-refractivity contribution in [2.45, 2.75) is 6.54 Å². The van der Waals surface area contributed by atoms with E-state index in [-0.39, 0.29) is 12.1 Å². The molecule has 0 saturated heterocycles. The largest absolute Gasteiger partial charge is 0.467 e. The van der Waals surface area contributed by atoms with Crippen molar-refractivity contribution in [2.24, 2.45) is 0 Å². The standard InChI is InChI=1S/C15H10Cl2N2O2/c16-12-4-3-10(14(17)7-12)6-11(8-18)15(20)19-9-13-2-1-5-21-13/h1-7H,9H2,(H,19,20)/b11-6-. The van der Waals surface area contributed by atoms with E-state index in [4.69, 9.17) is 32.9 Å². The van der Waals surface area contributed by atoms with Gasteiger partial charge in [-0.15, -0.1) is 0 Å². The lowest BCUT2D eigenvalue weighted by atomic mass is 10.1. The van der Waals surface area contributed by atoms with Crippen molar-refractivity contribution < 1.29 is 9.21 Å². The molecule has 1 aromatic heterocycles. The summed E-state index contributed by atoms with van der Waals surface area (Å²) in [4.78, 5) is 11.9. The molecule has 0 fully saturated rings. The Bertz CT molecular complexity index is 716. The van der Waals surface area contributed by atoms with Crippen LogP contribution in [0.5, 0.6) is 0 Å². The van der Waals surface area contributed by atoms with Crippen LogP contribution in [0.4, 0.5) is 0 Å². The van der Waals surface area contributed by atoms with E-state index in [1.165, 1.54) is 12.3 Å². The second-order valence-electron chi connectivity index (χ2n) is 4.10. The average Bonchev–Trinajstić information content (AvgIpc) is 2.97. The predicted octanol–water partition coefficient (Wildman–Crippen LogP) is 3.81. The maximum atomic E-state index is 11.9. The first-order valence-corrected chi connectivity index (χ1v) is 6.73. The van der Waals surface area contributed by atoms with Crippen LogP contribution in [0.15, 0.2) is 46.6 Å². The number of rotatable bonds is 4. The van der Waals surface area contributed by atoms with Crippen LogP contribution in [0.3, 0.4) is 0 Å². The Labute approximate surface area is 131 Å². The first-order valence-electron chi connectivity index (χ1n) is 5.97. The van der Waals surface area contributed by atoms with Crippen LogP contribution in [0, 0.1) is 11.3 Å². The van der Waals surface area contributed by atoms with Crippen molar-refractivity contribution in [1.29, 1.82) is 5.26 Å². The monoisotopic (exact) mass is 320 g/mol. The fraction of sp³-hybridized carbons (Fsp3) is 0.0667. The minimum Gasteiger partial charge on any atom is -0.467 e. The molecule has 4 nitrogen and oxygen atoms in total. The molecule has 2 rings (SSSR count). The number of halogens is 2. The number of hydrogen-bond acceptors (Lipinski definition) is 3. The molecule has 21 heavy (non-hydrogen) atoms. The van der Waals surface area contributed by atoms with E-state index in [0.717, 1.165) is 0 Å². The Morgan fingerprint density at radius 1 is 1.38 bits per heavy atom. The van der Waals surface area contributed by atoms with Crippen molar-refractivity contribution in [3.05, 3.63) is 63.5 Å². The number of hydrogen-bond donors (Lipinski definition) is 1. The van der Waals surface area contributed by atoms with E-state index in [1.54, 1.807) is 30.3 Å². The molecule has 0 atom stereocenters. The summed E-state index contributed by atoms with van der Waals surface area (Å²) in [7, 11) is 0. The highest BCUT2D eigenvalue weighted by atomic mass is 35.5. The summed E-state index contributed by atoms with van der Waals surface area (Å²) < 4.78 is 5.09. The Morgan fingerprint density at radius 2 is 2.19 bits per heavy atom. The molecule has 0 spiro atoms. The number of carbonyl (C=O) groups is 1. The lowest BCUT2D eigenvalue weighted by Gasteiger charge is -2.03. The van der Waals surface area contributed by atoms with Crippen LogP contribution in [0.2, 0.25) is 10.0 Å². The van der Waals surface area contributed by atoms with Crippen LogP contribution in [-0.2, 0) is 11.3 Å². The molecule has 6 heteroatoms. The molecule has 0 unspecified atom stereocenters. The molecule has 1 heterocycles. The molecular formula is C15H10Cl2N2O2. The van der Waals surface area contributed by atoms with Crippen molar-refractivity contribution in [3.8, 4) is 6.07 Å². The topological polar surface area (TPSA) is 66.0 Å². The highest BCUT2D eigenvalue weighted by Crippen LogP contribution is 2.23. The van der Waals surface area contributed by atoms with E-state index in [2.05, 4.69) is 5.32 Å². The summed E-state index contributed by atoms with van der Waals surface area (Å²) in [5.74, 6) is 0.102. The number of nitrogens with one attached hydrogen (secondary N) is 1. The molecule has 0 aliphatic rings. The molecule has 0 saturated carbocycles. The minimum absolute atomic E-state index is 0.0502. The Hall–Kier alpha value is -2.22. The van der Waals surface area contributed by atoms with Gasteiger partial charge >= 0.3 is 0 Å². The summed E-state index contributed by atoms with van der Waals surface area (Å²) in [6.45, 7) is 0.208. The van der Waals surface area contributed by atoms with Gasteiger partial charge in [-0.1, -0.05) is 29.3 Å². The number of amides is 1. The third-order valence-electron chi connectivity index (χ3n) is 2.63. The first-order chi connectivity index (χ1) is 10.1. The predicted molar refractivity (Wildman–Crippen MR) is 80.6 cm³/mol. The Balaban J connectivity index is 2.13. The number of nitrogens with zero attached hydrogens (tertiary/aromatic N) is 1. The number of benzene rings is 1. The van der Waals surface area contributed by atoms with E-state index < -0.39 is 5.91 Å². The van der Waals surface area contributed by atoms with Gasteiger partial charge in [-0.05, 0) is 35.9 Å². The lowest BCUT2D eigenvalue weighted by Crippen LogP contribution is -2.23. The van der Waals surface area contributed by atoms with Crippen molar-refractivity contribution in [3.63, 3.8) is 0 Å². The van der Waals surface area contributed by atoms with Crippen LogP contribution >= 0.6 is 23.2 Å².